The molecule has 1 aliphatic carbocycles. The predicted molar refractivity (Wildman–Crippen MR) is 67.6 cm³/mol. The summed E-state index contributed by atoms with van der Waals surface area (Å²) in [6.45, 7) is 9.29. The molecule has 1 aliphatic rings. The van der Waals surface area contributed by atoms with Gasteiger partial charge in [0.05, 0.1) is 0 Å². The van der Waals surface area contributed by atoms with Crippen molar-refractivity contribution in [1.82, 2.24) is 0 Å². The van der Waals surface area contributed by atoms with Crippen LogP contribution in [-0.2, 0) is 0 Å². The molecule has 1 unspecified atom stereocenters. The standard InChI is InChI=1S/C13H24S/c1-5-6-12(4)14-13-8-10(2)7-11(3)9-13/h6,10-11,13H,5,7-9H2,1-4H3/b12-6-/t10-,11+,13?. The lowest BCUT2D eigenvalue weighted by Gasteiger charge is -2.31. The summed E-state index contributed by atoms with van der Waals surface area (Å²) in [6, 6.07) is 0. The van der Waals surface area contributed by atoms with E-state index in [1.54, 1.807) is 0 Å². The van der Waals surface area contributed by atoms with Crippen molar-refractivity contribution in [2.24, 2.45) is 11.8 Å². The van der Waals surface area contributed by atoms with Crippen molar-refractivity contribution in [3.05, 3.63) is 11.0 Å². The van der Waals surface area contributed by atoms with Crippen molar-refractivity contribution in [1.29, 1.82) is 0 Å². The molecule has 82 valence electrons. The highest BCUT2D eigenvalue weighted by Gasteiger charge is 2.24. The van der Waals surface area contributed by atoms with Crippen molar-refractivity contribution in [3.8, 4) is 0 Å². The molecule has 3 atom stereocenters. The summed E-state index contributed by atoms with van der Waals surface area (Å²) in [7, 11) is 0. The summed E-state index contributed by atoms with van der Waals surface area (Å²) in [6.07, 6.45) is 7.81. The van der Waals surface area contributed by atoms with Gasteiger partial charge in [0, 0.05) is 5.25 Å². The van der Waals surface area contributed by atoms with Crippen LogP contribution in [-0.4, -0.2) is 5.25 Å². The van der Waals surface area contributed by atoms with Gasteiger partial charge in [0.2, 0.25) is 0 Å². The van der Waals surface area contributed by atoms with E-state index >= 15 is 0 Å². The van der Waals surface area contributed by atoms with Crippen molar-refractivity contribution >= 4 is 11.8 Å². The van der Waals surface area contributed by atoms with Gasteiger partial charge in [-0.3, -0.25) is 0 Å². The normalized spacial score (nSPS) is 34.6. The minimum absolute atomic E-state index is 0.886. The molecule has 1 rings (SSSR count). The van der Waals surface area contributed by atoms with Gasteiger partial charge in [-0.2, -0.15) is 0 Å². The van der Waals surface area contributed by atoms with Crippen LogP contribution in [0.25, 0.3) is 0 Å². The summed E-state index contributed by atoms with van der Waals surface area (Å²) in [5, 5.41) is 0.886. The molecule has 1 heteroatoms. The highest BCUT2D eigenvalue weighted by atomic mass is 32.2. The smallest absolute Gasteiger partial charge is 0.00960 e. The van der Waals surface area contributed by atoms with Crippen molar-refractivity contribution in [3.63, 3.8) is 0 Å². The van der Waals surface area contributed by atoms with Crippen LogP contribution in [0.3, 0.4) is 0 Å². The van der Waals surface area contributed by atoms with Crippen LogP contribution < -0.4 is 0 Å². The molecule has 0 saturated heterocycles. The molecule has 0 N–H and O–H groups in total. The Morgan fingerprint density at radius 2 is 1.79 bits per heavy atom. The summed E-state index contributed by atoms with van der Waals surface area (Å²) >= 11 is 2.11. The molecule has 0 aromatic heterocycles. The molecule has 0 nitrogen and oxygen atoms in total. The summed E-state index contributed by atoms with van der Waals surface area (Å²) < 4.78 is 0. The second kappa shape index (κ2) is 5.85. The molecule has 0 aromatic rings. The summed E-state index contributed by atoms with van der Waals surface area (Å²) in [5.74, 6) is 1.87. The van der Waals surface area contributed by atoms with Crippen molar-refractivity contribution in [2.45, 2.75) is 58.6 Å². The minimum Gasteiger partial charge on any atom is -0.128 e. The fourth-order valence-corrected chi connectivity index (χ4v) is 4.21. The van der Waals surface area contributed by atoms with Gasteiger partial charge in [0.25, 0.3) is 0 Å². The molecule has 0 amide bonds. The zero-order chi connectivity index (χ0) is 10.6. The molecule has 1 saturated carbocycles. The van der Waals surface area contributed by atoms with Gasteiger partial charge >= 0.3 is 0 Å². The van der Waals surface area contributed by atoms with E-state index in [1.165, 1.54) is 30.6 Å². The maximum absolute atomic E-state index is 2.40. The molecule has 0 radical (unpaired) electrons. The first-order chi connectivity index (χ1) is 6.61. The average Bonchev–Trinajstić information content (AvgIpc) is 2.01. The van der Waals surface area contributed by atoms with E-state index in [9.17, 15) is 0 Å². The van der Waals surface area contributed by atoms with Crippen LogP contribution >= 0.6 is 11.8 Å². The fraction of sp³-hybridized carbons (Fsp3) is 0.846. The van der Waals surface area contributed by atoms with E-state index in [0.717, 1.165) is 17.1 Å². The van der Waals surface area contributed by atoms with Crippen LogP contribution in [0.15, 0.2) is 11.0 Å². The number of allylic oxidation sites excluding steroid dienone is 2. The van der Waals surface area contributed by atoms with Gasteiger partial charge in [0.15, 0.2) is 0 Å². The van der Waals surface area contributed by atoms with Crippen LogP contribution in [0.1, 0.15) is 53.4 Å². The molecular formula is C13H24S. The van der Waals surface area contributed by atoms with E-state index in [2.05, 4.69) is 45.5 Å². The first-order valence-corrected chi connectivity index (χ1v) is 6.83. The number of rotatable bonds is 3. The maximum atomic E-state index is 2.40. The molecule has 14 heavy (non-hydrogen) atoms. The second-order valence-corrected chi connectivity index (χ2v) is 6.43. The van der Waals surface area contributed by atoms with Gasteiger partial charge in [-0.05, 0) is 49.3 Å². The van der Waals surface area contributed by atoms with Gasteiger partial charge in [0.1, 0.15) is 0 Å². The Morgan fingerprint density at radius 3 is 2.29 bits per heavy atom. The van der Waals surface area contributed by atoms with Gasteiger partial charge in [-0.15, -0.1) is 11.8 Å². The topological polar surface area (TPSA) is 0 Å². The largest absolute Gasteiger partial charge is 0.128 e. The van der Waals surface area contributed by atoms with E-state index < -0.39 is 0 Å². The van der Waals surface area contributed by atoms with E-state index in [-0.39, 0.29) is 0 Å². The molecule has 0 aliphatic heterocycles. The number of hydrogen-bond acceptors (Lipinski definition) is 1. The fourth-order valence-electron chi connectivity index (χ4n) is 2.57. The third-order valence-electron chi connectivity index (χ3n) is 2.98. The quantitative estimate of drug-likeness (QED) is 0.644. The van der Waals surface area contributed by atoms with Crippen LogP contribution in [0.5, 0.6) is 0 Å². The maximum Gasteiger partial charge on any atom is 0.00960 e. The Bertz CT molecular complexity index is 185. The molecular weight excluding hydrogens is 188 g/mol. The Morgan fingerprint density at radius 1 is 1.21 bits per heavy atom. The lowest BCUT2D eigenvalue weighted by Crippen LogP contribution is -2.21. The average molecular weight is 212 g/mol. The van der Waals surface area contributed by atoms with Crippen LogP contribution in [0.4, 0.5) is 0 Å². The molecule has 1 fully saturated rings. The lowest BCUT2D eigenvalue weighted by molar-refractivity contribution is 0.309. The third-order valence-corrected chi connectivity index (χ3v) is 4.24. The summed E-state index contributed by atoms with van der Waals surface area (Å²) in [5.41, 5.74) is 0. The van der Waals surface area contributed by atoms with Crippen LogP contribution in [0, 0.1) is 11.8 Å². The first kappa shape index (κ1) is 12.2. The molecule has 0 bridgehead atoms. The van der Waals surface area contributed by atoms with E-state index in [1.807, 2.05) is 0 Å². The zero-order valence-corrected chi connectivity index (χ0v) is 10.9. The molecule has 0 spiro atoms. The van der Waals surface area contributed by atoms with Crippen molar-refractivity contribution in [2.75, 3.05) is 0 Å². The second-order valence-electron chi connectivity index (χ2n) is 4.88. The number of thioether (sulfide) groups is 1. The monoisotopic (exact) mass is 212 g/mol. The Kier molecular flexibility index (Phi) is 5.08. The van der Waals surface area contributed by atoms with Crippen LogP contribution in [0.2, 0.25) is 0 Å². The Hall–Kier alpha value is 0.0900. The SMILES string of the molecule is CC/C=C(/C)SC1C[C@@H](C)C[C@@H](C)C1. The van der Waals surface area contributed by atoms with E-state index in [0.29, 0.717) is 0 Å². The van der Waals surface area contributed by atoms with Gasteiger partial charge in [-0.25, -0.2) is 0 Å². The number of hydrogen-bond donors (Lipinski definition) is 0. The third kappa shape index (κ3) is 4.08. The van der Waals surface area contributed by atoms with Crippen molar-refractivity contribution < 1.29 is 0 Å². The minimum atomic E-state index is 0.886. The Balaban J connectivity index is 2.40. The highest BCUT2D eigenvalue weighted by Crippen LogP contribution is 2.38. The summed E-state index contributed by atoms with van der Waals surface area (Å²) in [4.78, 5) is 1.53. The molecule has 0 heterocycles. The lowest BCUT2D eigenvalue weighted by atomic mass is 9.83. The van der Waals surface area contributed by atoms with Gasteiger partial charge < -0.3 is 0 Å². The zero-order valence-electron chi connectivity index (χ0n) is 10.0. The first-order valence-electron chi connectivity index (χ1n) is 5.95. The van der Waals surface area contributed by atoms with E-state index in [4.69, 9.17) is 0 Å². The predicted octanol–water partition coefficient (Wildman–Crippen LogP) is 4.86. The Labute approximate surface area is 93.5 Å². The van der Waals surface area contributed by atoms with Gasteiger partial charge in [-0.1, -0.05) is 26.8 Å². The molecule has 0 aromatic carbocycles. The highest BCUT2D eigenvalue weighted by molar-refractivity contribution is 8.03.